The predicted octanol–water partition coefficient (Wildman–Crippen LogP) is 3.10. The fourth-order valence-corrected chi connectivity index (χ4v) is 1.92. The van der Waals surface area contributed by atoms with Crippen LogP contribution in [0.2, 0.25) is 0 Å². The molecule has 1 aromatic carbocycles. The van der Waals surface area contributed by atoms with Gasteiger partial charge in [0.2, 0.25) is 0 Å². The minimum absolute atomic E-state index is 0.0499. The van der Waals surface area contributed by atoms with Crippen LogP contribution in [0.4, 0.5) is 0 Å². The first-order valence-corrected chi connectivity index (χ1v) is 4.71. The van der Waals surface area contributed by atoms with E-state index in [4.69, 9.17) is 5.26 Å². The second kappa shape index (κ2) is 3.19. The molecule has 0 fully saturated rings. The number of fused-ring (bicyclic) bond motifs is 1. The Bertz CT molecular complexity index is 503. The number of hydrogen-bond acceptors (Lipinski definition) is 1. The molecule has 2 rings (SSSR count). The zero-order chi connectivity index (χ0) is 10.1. The van der Waals surface area contributed by atoms with Crippen molar-refractivity contribution in [2.24, 2.45) is 0 Å². The van der Waals surface area contributed by atoms with Crippen molar-refractivity contribution in [3.63, 3.8) is 0 Å². The number of nitrogens with zero attached hydrogens (tertiary/aromatic N) is 1. The number of benzene rings is 1. The van der Waals surface area contributed by atoms with E-state index in [0.717, 1.165) is 16.8 Å². The molecule has 1 aromatic heterocycles. The van der Waals surface area contributed by atoms with Gasteiger partial charge < -0.3 is 4.98 Å². The molecule has 0 saturated carbocycles. The van der Waals surface area contributed by atoms with Gasteiger partial charge in [-0.1, -0.05) is 18.2 Å². The van der Waals surface area contributed by atoms with Crippen LogP contribution < -0.4 is 0 Å². The maximum Gasteiger partial charge on any atom is 0.0708 e. The highest BCUT2D eigenvalue weighted by atomic mass is 14.7. The molecule has 70 valence electrons. The van der Waals surface area contributed by atoms with Crippen LogP contribution in [0, 0.1) is 18.3 Å². The maximum atomic E-state index is 8.93. The third-order valence-electron chi connectivity index (χ3n) is 2.57. The Morgan fingerprint density at radius 1 is 1.36 bits per heavy atom. The molecule has 0 aliphatic heterocycles. The second-order valence-corrected chi connectivity index (χ2v) is 3.56. The average Bonchev–Trinajstić information content (AvgIpc) is 2.53. The Hall–Kier alpha value is -1.75. The topological polar surface area (TPSA) is 39.6 Å². The third kappa shape index (κ3) is 1.18. The quantitative estimate of drug-likeness (QED) is 0.726. The third-order valence-corrected chi connectivity index (χ3v) is 2.57. The van der Waals surface area contributed by atoms with E-state index >= 15 is 0 Å². The minimum atomic E-state index is -0.0499. The van der Waals surface area contributed by atoms with Crippen molar-refractivity contribution < 1.29 is 0 Å². The fourth-order valence-electron chi connectivity index (χ4n) is 1.92. The minimum Gasteiger partial charge on any atom is -0.358 e. The first-order chi connectivity index (χ1) is 6.74. The van der Waals surface area contributed by atoms with Crippen molar-refractivity contribution in [1.82, 2.24) is 4.98 Å². The average molecular weight is 184 g/mol. The molecule has 0 saturated heterocycles. The zero-order valence-corrected chi connectivity index (χ0v) is 8.33. The van der Waals surface area contributed by atoms with Gasteiger partial charge in [0, 0.05) is 16.6 Å². The van der Waals surface area contributed by atoms with E-state index in [2.05, 4.69) is 17.1 Å². The zero-order valence-electron chi connectivity index (χ0n) is 8.33. The van der Waals surface area contributed by atoms with Gasteiger partial charge in [0.15, 0.2) is 0 Å². The van der Waals surface area contributed by atoms with Crippen molar-refractivity contribution in [3.8, 4) is 6.07 Å². The van der Waals surface area contributed by atoms with Gasteiger partial charge in [-0.2, -0.15) is 5.26 Å². The van der Waals surface area contributed by atoms with E-state index in [1.807, 2.05) is 32.0 Å². The molecule has 0 amide bonds. The Morgan fingerprint density at radius 3 is 2.79 bits per heavy atom. The standard InChI is InChI=1S/C12H12N2/c1-8(7-13)12-9(2)14-11-6-4-3-5-10(11)12/h3-6,8,14H,1-2H3. The molecule has 14 heavy (non-hydrogen) atoms. The maximum absolute atomic E-state index is 8.93. The van der Waals surface area contributed by atoms with Crippen molar-refractivity contribution >= 4 is 10.9 Å². The van der Waals surface area contributed by atoms with E-state index in [0.29, 0.717) is 0 Å². The molecule has 0 aliphatic rings. The van der Waals surface area contributed by atoms with Crippen LogP contribution in [0.3, 0.4) is 0 Å². The van der Waals surface area contributed by atoms with Crippen molar-refractivity contribution in [1.29, 1.82) is 5.26 Å². The number of nitrogens with one attached hydrogen (secondary N) is 1. The molecule has 0 bridgehead atoms. The molecule has 2 nitrogen and oxygen atoms in total. The Balaban J connectivity index is 2.75. The lowest BCUT2D eigenvalue weighted by atomic mass is 9.99. The highest BCUT2D eigenvalue weighted by Crippen LogP contribution is 2.28. The molecule has 1 N–H and O–H groups in total. The Morgan fingerprint density at radius 2 is 2.07 bits per heavy atom. The summed E-state index contributed by atoms with van der Waals surface area (Å²) in [5.41, 5.74) is 3.34. The van der Waals surface area contributed by atoms with E-state index in [1.54, 1.807) is 0 Å². The molecule has 0 aliphatic carbocycles. The molecule has 1 unspecified atom stereocenters. The van der Waals surface area contributed by atoms with Crippen LogP contribution in [0.15, 0.2) is 24.3 Å². The van der Waals surface area contributed by atoms with Crippen LogP contribution in [0.1, 0.15) is 24.1 Å². The number of aromatic nitrogens is 1. The van der Waals surface area contributed by atoms with Gasteiger partial charge in [-0.15, -0.1) is 0 Å². The monoisotopic (exact) mass is 184 g/mol. The summed E-state index contributed by atoms with van der Waals surface area (Å²) < 4.78 is 0. The van der Waals surface area contributed by atoms with Gasteiger partial charge in [-0.05, 0) is 25.5 Å². The van der Waals surface area contributed by atoms with Gasteiger partial charge in [0.1, 0.15) is 0 Å². The van der Waals surface area contributed by atoms with Crippen molar-refractivity contribution in [2.75, 3.05) is 0 Å². The smallest absolute Gasteiger partial charge is 0.0708 e. The Kier molecular flexibility index (Phi) is 2.01. The lowest BCUT2D eigenvalue weighted by molar-refractivity contribution is 0.973. The first kappa shape index (κ1) is 8.83. The largest absolute Gasteiger partial charge is 0.358 e. The van der Waals surface area contributed by atoms with Crippen molar-refractivity contribution in [2.45, 2.75) is 19.8 Å². The highest BCUT2D eigenvalue weighted by Gasteiger charge is 2.13. The molecule has 2 heteroatoms. The normalized spacial score (nSPS) is 12.6. The van der Waals surface area contributed by atoms with Gasteiger partial charge >= 0.3 is 0 Å². The Labute approximate surface area is 83.2 Å². The van der Waals surface area contributed by atoms with Crippen LogP contribution in [0.5, 0.6) is 0 Å². The van der Waals surface area contributed by atoms with Crippen molar-refractivity contribution in [3.05, 3.63) is 35.5 Å². The summed E-state index contributed by atoms with van der Waals surface area (Å²) in [6.45, 7) is 3.95. The van der Waals surface area contributed by atoms with Gasteiger partial charge in [0.05, 0.1) is 12.0 Å². The fraction of sp³-hybridized carbons (Fsp3) is 0.250. The summed E-state index contributed by atoms with van der Waals surface area (Å²) in [6, 6.07) is 10.4. The number of aromatic amines is 1. The van der Waals surface area contributed by atoms with Crippen LogP contribution in [0.25, 0.3) is 10.9 Å². The molecule has 2 aromatic rings. The SMILES string of the molecule is Cc1[nH]c2ccccc2c1C(C)C#N. The molecular formula is C12H12N2. The summed E-state index contributed by atoms with van der Waals surface area (Å²) in [7, 11) is 0. The lowest BCUT2D eigenvalue weighted by Crippen LogP contribution is -1.90. The summed E-state index contributed by atoms with van der Waals surface area (Å²) in [5.74, 6) is -0.0499. The number of H-pyrrole nitrogens is 1. The van der Waals surface area contributed by atoms with Gasteiger partial charge in [-0.25, -0.2) is 0 Å². The van der Waals surface area contributed by atoms with Crippen LogP contribution >= 0.6 is 0 Å². The first-order valence-electron chi connectivity index (χ1n) is 4.71. The summed E-state index contributed by atoms with van der Waals surface area (Å²) in [4.78, 5) is 3.29. The summed E-state index contributed by atoms with van der Waals surface area (Å²) in [5, 5.41) is 10.1. The molecule has 1 heterocycles. The number of rotatable bonds is 1. The molecule has 1 atom stereocenters. The summed E-state index contributed by atoms with van der Waals surface area (Å²) in [6.07, 6.45) is 0. The number of aryl methyl sites for hydroxylation is 1. The molecular weight excluding hydrogens is 172 g/mol. The van der Waals surface area contributed by atoms with Crippen LogP contribution in [-0.4, -0.2) is 4.98 Å². The van der Waals surface area contributed by atoms with Crippen LogP contribution in [-0.2, 0) is 0 Å². The number of nitriles is 1. The second-order valence-electron chi connectivity index (χ2n) is 3.56. The lowest BCUT2D eigenvalue weighted by Gasteiger charge is -2.01. The van der Waals surface area contributed by atoms with E-state index in [-0.39, 0.29) is 5.92 Å². The van der Waals surface area contributed by atoms with Gasteiger partial charge in [-0.3, -0.25) is 0 Å². The van der Waals surface area contributed by atoms with E-state index in [9.17, 15) is 0 Å². The number of hydrogen-bond donors (Lipinski definition) is 1. The molecule has 0 radical (unpaired) electrons. The van der Waals surface area contributed by atoms with E-state index in [1.165, 1.54) is 5.39 Å². The van der Waals surface area contributed by atoms with Gasteiger partial charge in [0.25, 0.3) is 0 Å². The number of para-hydroxylation sites is 1. The summed E-state index contributed by atoms with van der Waals surface area (Å²) >= 11 is 0. The predicted molar refractivity (Wildman–Crippen MR) is 57.1 cm³/mol. The van der Waals surface area contributed by atoms with E-state index < -0.39 is 0 Å². The highest BCUT2D eigenvalue weighted by molar-refractivity contribution is 5.85. The molecule has 0 spiro atoms.